The van der Waals surface area contributed by atoms with Crippen molar-refractivity contribution in [1.29, 1.82) is 0 Å². The Morgan fingerprint density at radius 2 is 2.07 bits per heavy atom. The fourth-order valence-corrected chi connectivity index (χ4v) is 2.69. The molecule has 0 N–H and O–H groups in total. The predicted octanol–water partition coefficient (Wildman–Crippen LogP) is 4.33. The Bertz CT molecular complexity index is 238. The van der Waals surface area contributed by atoms with Crippen molar-refractivity contribution in [1.82, 2.24) is 0 Å². The van der Waals surface area contributed by atoms with Crippen molar-refractivity contribution in [3.8, 4) is 0 Å². The van der Waals surface area contributed by atoms with Gasteiger partial charge in [-0.25, -0.2) is 0 Å². The molecule has 0 aromatic rings. The van der Waals surface area contributed by atoms with Gasteiger partial charge in [0.05, 0.1) is 6.10 Å². The standard InChI is InChI=1S/C14H26O/c1-11-7-6-10-14(3,4)13(11)9-8-12(2)15-5/h12H,6-10H2,1-5H3. The summed E-state index contributed by atoms with van der Waals surface area (Å²) in [6.07, 6.45) is 6.78. The van der Waals surface area contributed by atoms with Crippen LogP contribution in [0.5, 0.6) is 0 Å². The number of methoxy groups -OCH3 is 1. The Morgan fingerprint density at radius 1 is 1.40 bits per heavy atom. The molecule has 1 nitrogen and oxygen atoms in total. The third-order valence-electron chi connectivity index (χ3n) is 3.89. The van der Waals surface area contributed by atoms with E-state index in [1.165, 1.54) is 25.7 Å². The zero-order chi connectivity index (χ0) is 11.5. The average Bonchev–Trinajstić information content (AvgIpc) is 2.15. The van der Waals surface area contributed by atoms with Crippen molar-refractivity contribution < 1.29 is 4.74 Å². The van der Waals surface area contributed by atoms with Crippen molar-refractivity contribution in [3.05, 3.63) is 11.1 Å². The van der Waals surface area contributed by atoms with Crippen molar-refractivity contribution in [2.45, 2.75) is 65.9 Å². The normalized spacial score (nSPS) is 23.0. The average molecular weight is 210 g/mol. The number of ether oxygens (including phenoxy) is 1. The van der Waals surface area contributed by atoms with Crippen molar-refractivity contribution in [3.63, 3.8) is 0 Å². The van der Waals surface area contributed by atoms with Crippen LogP contribution in [0.2, 0.25) is 0 Å². The molecule has 1 aliphatic rings. The lowest BCUT2D eigenvalue weighted by molar-refractivity contribution is 0.109. The lowest BCUT2D eigenvalue weighted by Crippen LogP contribution is -2.21. The molecule has 0 heterocycles. The molecule has 1 atom stereocenters. The van der Waals surface area contributed by atoms with Crippen LogP contribution in [0.15, 0.2) is 11.1 Å². The van der Waals surface area contributed by atoms with Crippen LogP contribution in [0.25, 0.3) is 0 Å². The minimum atomic E-state index is 0.392. The molecule has 0 aliphatic heterocycles. The first kappa shape index (κ1) is 12.8. The summed E-state index contributed by atoms with van der Waals surface area (Å²) >= 11 is 0. The van der Waals surface area contributed by atoms with Gasteiger partial charge in [0.25, 0.3) is 0 Å². The Balaban J connectivity index is 2.64. The van der Waals surface area contributed by atoms with E-state index >= 15 is 0 Å². The van der Waals surface area contributed by atoms with E-state index in [4.69, 9.17) is 4.74 Å². The number of hydrogen-bond acceptors (Lipinski definition) is 1. The van der Waals surface area contributed by atoms with Crippen LogP contribution in [0.1, 0.15) is 59.8 Å². The number of allylic oxidation sites excluding steroid dienone is 2. The first-order valence-electron chi connectivity index (χ1n) is 6.19. The van der Waals surface area contributed by atoms with Gasteiger partial charge in [-0.05, 0) is 51.4 Å². The molecule has 0 radical (unpaired) electrons. The predicted molar refractivity (Wildman–Crippen MR) is 66.0 cm³/mol. The molecule has 0 spiro atoms. The Morgan fingerprint density at radius 3 is 2.60 bits per heavy atom. The smallest absolute Gasteiger partial charge is 0.0546 e. The van der Waals surface area contributed by atoms with Crippen LogP contribution >= 0.6 is 0 Å². The molecular formula is C14H26O. The van der Waals surface area contributed by atoms with Crippen LogP contribution in [0, 0.1) is 5.41 Å². The van der Waals surface area contributed by atoms with Crippen LogP contribution in [-0.2, 0) is 4.74 Å². The zero-order valence-electron chi connectivity index (χ0n) is 11.0. The SMILES string of the molecule is COC(C)CCC1=C(C)CCCC1(C)C. The lowest BCUT2D eigenvalue weighted by atomic mass is 9.71. The Labute approximate surface area is 94.9 Å². The van der Waals surface area contributed by atoms with Gasteiger partial charge in [0.15, 0.2) is 0 Å². The van der Waals surface area contributed by atoms with Gasteiger partial charge in [-0.15, -0.1) is 0 Å². The second kappa shape index (κ2) is 5.16. The maximum absolute atomic E-state index is 5.32. The Hall–Kier alpha value is -0.300. The van der Waals surface area contributed by atoms with E-state index in [-0.39, 0.29) is 0 Å². The topological polar surface area (TPSA) is 9.23 Å². The summed E-state index contributed by atoms with van der Waals surface area (Å²) in [7, 11) is 1.80. The van der Waals surface area contributed by atoms with Gasteiger partial charge in [0.1, 0.15) is 0 Å². The largest absolute Gasteiger partial charge is 0.382 e. The molecule has 1 heteroatoms. The highest BCUT2D eigenvalue weighted by atomic mass is 16.5. The molecule has 0 aromatic carbocycles. The summed E-state index contributed by atoms with van der Waals surface area (Å²) in [6, 6.07) is 0. The fraction of sp³-hybridized carbons (Fsp3) is 0.857. The van der Waals surface area contributed by atoms with Gasteiger partial charge < -0.3 is 4.74 Å². The van der Waals surface area contributed by atoms with E-state index in [9.17, 15) is 0 Å². The van der Waals surface area contributed by atoms with Gasteiger partial charge in [-0.2, -0.15) is 0 Å². The maximum atomic E-state index is 5.32. The van der Waals surface area contributed by atoms with E-state index in [0.29, 0.717) is 11.5 Å². The second-order valence-electron chi connectivity index (χ2n) is 5.58. The van der Waals surface area contributed by atoms with Crippen LogP contribution in [-0.4, -0.2) is 13.2 Å². The van der Waals surface area contributed by atoms with Gasteiger partial charge in [0.2, 0.25) is 0 Å². The highest BCUT2D eigenvalue weighted by Gasteiger charge is 2.27. The van der Waals surface area contributed by atoms with Crippen LogP contribution in [0.4, 0.5) is 0 Å². The molecule has 88 valence electrons. The maximum Gasteiger partial charge on any atom is 0.0546 e. The first-order chi connectivity index (χ1) is 6.97. The molecule has 0 saturated carbocycles. The summed E-state index contributed by atoms with van der Waals surface area (Å²) in [5, 5.41) is 0. The van der Waals surface area contributed by atoms with Crippen LogP contribution in [0.3, 0.4) is 0 Å². The molecule has 0 bridgehead atoms. The minimum Gasteiger partial charge on any atom is -0.382 e. The van der Waals surface area contributed by atoms with E-state index in [2.05, 4.69) is 27.7 Å². The third kappa shape index (κ3) is 3.34. The van der Waals surface area contributed by atoms with Gasteiger partial charge >= 0.3 is 0 Å². The second-order valence-corrected chi connectivity index (χ2v) is 5.58. The van der Waals surface area contributed by atoms with Gasteiger partial charge in [0, 0.05) is 7.11 Å². The Kier molecular flexibility index (Phi) is 4.39. The third-order valence-corrected chi connectivity index (χ3v) is 3.89. The van der Waals surface area contributed by atoms with Crippen molar-refractivity contribution >= 4 is 0 Å². The zero-order valence-corrected chi connectivity index (χ0v) is 11.0. The van der Waals surface area contributed by atoms with Gasteiger partial charge in [-0.3, -0.25) is 0 Å². The van der Waals surface area contributed by atoms with Crippen molar-refractivity contribution in [2.75, 3.05) is 7.11 Å². The van der Waals surface area contributed by atoms with E-state index in [1.54, 1.807) is 18.3 Å². The molecule has 1 unspecified atom stereocenters. The summed E-state index contributed by atoms with van der Waals surface area (Å²) in [4.78, 5) is 0. The summed E-state index contributed by atoms with van der Waals surface area (Å²) in [5.41, 5.74) is 3.75. The summed E-state index contributed by atoms with van der Waals surface area (Å²) in [6.45, 7) is 9.25. The highest BCUT2D eigenvalue weighted by molar-refractivity contribution is 5.22. The van der Waals surface area contributed by atoms with Crippen molar-refractivity contribution in [2.24, 2.45) is 5.41 Å². The quantitative estimate of drug-likeness (QED) is 0.628. The molecule has 1 rings (SSSR count). The molecule has 0 fully saturated rings. The monoisotopic (exact) mass is 210 g/mol. The summed E-state index contributed by atoms with van der Waals surface area (Å²) < 4.78 is 5.32. The first-order valence-corrected chi connectivity index (χ1v) is 6.19. The van der Waals surface area contributed by atoms with Gasteiger partial charge in [-0.1, -0.05) is 25.0 Å². The van der Waals surface area contributed by atoms with Crippen LogP contribution < -0.4 is 0 Å². The van der Waals surface area contributed by atoms with E-state index < -0.39 is 0 Å². The number of hydrogen-bond donors (Lipinski definition) is 0. The molecule has 0 amide bonds. The molecule has 0 aromatic heterocycles. The minimum absolute atomic E-state index is 0.392. The highest BCUT2D eigenvalue weighted by Crippen LogP contribution is 2.42. The van der Waals surface area contributed by atoms with E-state index in [0.717, 1.165) is 6.42 Å². The van der Waals surface area contributed by atoms with E-state index in [1.807, 2.05) is 0 Å². The fourth-order valence-electron chi connectivity index (χ4n) is 2.69. The molecular weight excluding hydrogens is 184 g/mol. The summed E-state index contributed by atoms with van der Waals surface area (Å²) in [5.74, 6) is 0. The molecule has 15 heavy (non-hydrogen) atoms. The lowest BCUT2D eigenvalue weighted by Gasteiger charge is -2.35. The number of rotatable bonds is 4. The molecule has 1 aliphatic carbocycles. The molecule has 0 saturated heterocycles.